The highest BCUT2D eigenvalue weighted by Crippen LogP contribution is 2.25. The molecule has 92 valence electrons. The van der Waals surface area contributed by atoms with Gasteiger partial charge in [-0.05, 0) is 32.7 Å². The molecule has 0 amide bonds. The van der Waals surface area contributed by atoms with Crippen molar-refractivity contribution in [3.05, 3.63) is 18.1 Å². The number of hydrogen-bond donors (Lipinski definition) is 1. The van der Waals surface area contributed by atoms with E-state index in [1.807, 2.05) is 6.92 Å². The number of methoxy groups -OCH3 is 1. The number of Topliss-reactive ketones (excluding diaryl/α,β-unsaturated/α-hetero) is 1. The maximum atomic E-state index is 12.5. The molecule has 1 aliphatic heterocycles. The van der Waals surface area contributed by atoms with E-state index in [0.717, 1.165) is 25.8 Å². The van der Waals surface area contributed by atoms with Crippen molar-refractivity contribution >= 4 is 5.78 Å². The summed E-state index contributed by atoms with van der Waals surface area (Å²) in [5.74, 6) is 0.258. The summed E-state index contributed by atoms with van der Waals surface area (Å²) in [6.45, 7) is 2.79. The van der Waals surface area contributed by atoms with Crippen molar-refractivity contribution in [3.63, 3.8) is 0 Å². The first-order valence-electron chi connectivity index (χ1n) is 5.82. The predicted octanol–water partition coefficient (Wildman–Crippen LogP) is 1.20. The van der Waals surface area contributed by atoms with Crippen LogP contribution in [-0.2, 0) is 0 Å². The molecule has 0 saturated carbocycles. The Morgan fingerprint density at radius 3 is 2.82 bits per heavy atom. The normalized spacial score (nSPS) is 24.4. The zero-order valence-corrected chi connectivity index (χ0v) is 10.2. The first-order valence-corrected chi connectivity index (χ1v) is 5.82. The molecule has 0 aliphatic carbocycles. The Bertz CT molecular complexity index is 414. The zero-order chi connectivity index (χ0) is 12.3. The fourth-order valence-corrected chi connectivity index (χ4v) is 2.14. The van der Waals surface area contributed by atoms with E-state index >= 15 is 0 Å². The molecule has 1 unspecified atom stereocenters. The fraction of sp³-hybridized carbons (Fsp3) is 0.583. The molecule has 2 heterocycles. The zero-order valence-electron chi connectivity index (χ0n) is 10.2. The number of nitrogens with zero attached hydrogens (tertiary/aromatic N) is 2. The van der Waals surface area contributed by atoms with Crippen molar-refractivity contribution in [1.29, 1.82) is 0 Å². The summed E-state index contributed by atoms with van der Waals surface area (Å²) in [5.41, 5.74) is -0.228. The summed E-state index contributed by atoms with van der Waals surface area (Å²) >= 11 is 0. The fourth-order valence-electron chi connectivity index (χ4n) is 2.14. The van der Waals surface area contributed by atoms with Gasteiger partial charge in [-0.2, -0.15) is 0 Å². The molecule has 0 bridgehead atoms. The summed E-state index contributed by atoms with van der Waals surface area (Å²) in [7, 11) is 1.50. The number of piperidine rings is 1. The summed E-state index contributed by atoms with van der Waals surface area (Å²) in [4.78, 5) is 20.6. The molecule has 0 aromatic carbocycles. The van der Waals surface area contributed by atoms with Crippen LogP contribution in [0.2, 0.25) is 0 Å². The van der Waals surface area contributed by atoms with E-state index in [0.29, 0.717) is 11.6 Å². The van der Waals surface area contributed by atoms with Crippen molar-refractivity contribution < 1.29 is 9.53 Å². The molecule has 1 atom stereocenters. The van der Waals surface area contributed by atoms with Crippen molar-refractivity contribution in [2.45, 2.75) is 31.7 Å². The summed E-state index contributed by atoms with van der Waals surface area (Å²) < 4.78 is 5.08. The second kappa shape index (κ2) is 4.79. The van der Waals surface area contributed by atoms with Crippen LogP contribution in [0.5, 0.6) is 5.88 Å². The van der Waals surface area contributed by atoms with Gasteiger partial charge in [0.15, 0.2) is 5.69 Å². The molecule has 1 aromatic heterocycles. The van der Waals surface area contributed by atoms with Crippen molar-refractivity contribution in [2.75, 3.05) is 13.7 Å². The van der Waals surface area contributed by atoms with E-state index in [1.165, 1.54) is 19.5 Å². The molecule has 5 heteroatoms. The van der Waals surface area contributed by atoms with E-state index in [-0.39, 0.29) is 5.78 Å². The molecule has 2 rings (SSSR count). The lowest BCUT2D eigenvalue weighted by molar-refractivity contribution is 0.0825. The number of rotatable bonds is 3. The molecular weight excluding hydrogens is 218 g/mol. The van der Waals surface area contributed by atoms with Crippen LogP contribution >= 0.6 is 0 Å². The predicted molar refractivity (Wildman–Crippen MR) is 63.2 cm³/mol. The third-order valence-corrected chi connectivity index (χ3v) is 3.19. The third kappa shape index (κ3) is 2.29. The van der Waals surface area contributed by atoms with Gasteiger partial charge in [-0.1, -0.05) is 0 Å². The number of nitrogens with one attached hydrogen (secondary N) is 1. The molecule has 1 saturated heterocycles. The average molecular weight is 235 g/mol. The van der Waals surface area contributed by atoms with Crippen LogP contribution in [-0.4, -0.2) is 34.9 Å². The van der Waals surface area contributed by atoms with E-state index in [1.54, 1.807) is 0 Å². The van der Waals surface area contributed by atoms with E-state index in [9.17, 15) is 4.79 Å². The van der Waals surface area contributed by atoms with Gasteiger partial charge in [0.25, 0.3) is 0 Å². The van der Waals surface area contributed by atoms with Crippen LogP contribution in [0.1, 0.15) is 36.7 Å². The van der Waals surface area contributed by atoms with Crippen molar-refractivity contribution in [3.8, 4) is 5.88 Å². The molecule has 1 N–H and O–H groups in total. The number of hydrogen-bond acceptors (Lipinski definition) is 5. The van der Waals surface area contributed by atoms with Gasteiger partial charge in [0.05, 0.1) is 12.6 Å². The Kier molecular flexibility index (Phi) is 3.38. The monoisotopic (exact) mass is 235 g/mol. The SMILES string of the molecule is COc1nccnc1C(=O)C1(C)CCCCN1. The molecule has 0 radical (unpaired) electrons. The Labute approximate surface area is 101 Å². The van der Waals surface area contributed by atoms with Gasteiger partial charge in [-0.15, -0.1) is 0 Å². The molecule has 1 aliphatic rings. The second-order valence-corrected chi connectivity index (χ2v) is 4.46. The maximum absolute atomic E-state index is 12.5. The number of aromatic nitrogens is 2. The Morgan fingerprint density at radius 2 is 2.18 bits per heavy atom. The summed E-state index contributed by atoms with van der Waals surface area (Å²) in [5, 5.41) is 3.27. The number of ketones is 1. The molecule has 1 fully saturated rings. The first kappa shape index (κ1) is 12.0. The smallest absolute Gasteiger partial charge is 0.243 e. The van der Waals surface area contributed by atoms with Crippen molar-refractivity contribution in [2.24, 2.45) is 0 Å². The van der Waals surface area contributed by atoms with Gasteiger partial charge in [-0.25, -0.2) is 9.97 Å². The van der Waals surface area contributed by atoms with Gasteiger partial charge in [-0.3, -0.25) is 4.79 Å². The van der Waals surface area contributed by atoms with Crippen LogP contribution in [0.15, 0.2) is 12.4 Å². The van der Waals surface area contributed by atoms with Crippen molar-refractivity contribution in [1.82, 2.24) is 15.3 Å². The highest BCUT2D eigenvalue weighted by molar-refractivity contribution is 6.03. The van der Waals surface area contributed by atoms with E-state index < -0.39 is 5.54 Å². The van der Waals surface area contributed by atoms with Gasteiger partial charge in [0, 0.05) is 12.4 Å². The highest BCUT2D eigenvalue weighted by atomic mass is 16.5. The summed E-state index contributed by atoms with van der Waals surface area (Å²) in [6, 6.07) is 0. The van der Waals surface area contributed by atoms with E-state index in [4.69, 9.17) is 4.74 Å². The molecule has 1 aromatic rings. The minimum Gasteiger partial charge on any atom is -0.479 e. The molecular formula is C12H17N3O2. The lowest BCUT2D eigenvalue weighted by atomic mass is 9.85. The third-order valence-electron chi connectivity index (χ3n) is 3.19. The second-order valence-electron chi connectivity index (χ2n) is 4.46. The van der Waals surface area contributed by atoms with Crippen LogP contribution in [0.25, 0.3) is 0 Å². The van der Waals surface area contributed by atoms with E-state index in [2.05, 4.69) is 15.3 Å². The number of carbonyl (C=O) groups is 1. The first-order chi connectivity index (χ1) is 8.17. The molecule has 17 heavy (non-hydrogen) atoms. The van der Waals surface area contributed by atoms with Crippen LogP contribution < -0.4 is 10.1 Å². The largest absolute Gasteiger partial charge is 0.479 e. The van der Waals surface area contributed by atoms with Gasteiger partial charge in [0.2, 0.25) is 11.7 Å². The van der Waals surface area contributed by atoms with Crippen LogP contribution in [0, 0.1) is 0 Å². The molecule has 0 spiro atoms. The minimum atomic E-state index is -0.540. The minimum absolute atomic E-state index is 0.0397. The van der Waals surface area contributed by atoms with Gasteiger partial charge < -0.3 is 10.1 Å². The van der Waals surface area contributed by atoms with Gasteiger partial charge in [0.1, 0.15) is 0 Å². The lowest BCUT2D eigenvalue weighted by Crippen LogP contribution is -2.52. The van der Waals surface area contributed by atoms with Crippen LogP contribution in [0.4, 0.5) is 0 Å². The highest BCUT2D eigenvalue weighted by Gasteiger charge is 2.37. The maximum Gasteiger partial charge on any atom is 0.243 e. The quantitative estimate of drug-likeness (QED) is 0.797. The Hall–Kier alpha value is -1.49. The topological polar surface area (TPSA) is 64.1 Å². The Balaban J connectivity index is 2.29. The average Bonchev–Trinajstić information content (AvgIpc) is 2.38. The lowest BCUT2D eigenvalue weighted by Gasteiger charge is -2.33. The Morgan fingerprint density at radius 1 is 1.41 bits per heavy atom. The summed E-state index contributed by atoms with van der Waals surface area (Å²) in [6.07, 6.45) is 6.03. The number of ether oxygens (including phenoxy) is 1. The van der Waals surface area contributed by atoms with Gasteiger partial charge >= 0.3 is 0 Å². The molecule has 5 nitrogen and oxygen atoms in total. The number of carbonyl (C=O) groups excluding carboxylic acids is 1. The van der Waals surface area contributed by atoms with Crippen LogP contribution in [0.3, 0.4) is 0 Å². The standard InChI is InChI=1S/C12H17N3O2/c1-12(5-3-4-6-15-12)10(16)9-11(17-2)14-8-7-13-9/h7-8,15H,3-6H2,1-2H3.